The van der Waals surface area contributed by atoms with E-state index in [0.29, 0.717) is 5.69 Å². The number of fused-ring (bicyclic) bond motifs is 1. The lowest BCUT2D eigenvalue weighted by Crippen LogP contribution is -2.33. The largest absolute Gasteiger partial charge is 0.415 e. The fourth-order valence-corrected chi connectivity index (χ4v) is 5.09. The minimum Gasteiger partial charge on any atom is -0.415 e. The molecule has 4 rings (SSSR count). The van der Waals surface area contributed by atoms with Crippen LogP contribution in [0.2, 0.25) is 0 Å². The maximum Gasteiger partial charge on any atom is 0.314 e. The van der Waals surface area contributed by atoms with Gasteiger partial charge >= 0.3 is 6.43 Å². The van der Waals surface area contributed by atoms with E-state index in [1.165, 1.54) is 16.6 Å². The van der Waals surface area contributed by atoms with Crippen LogP contribution in [0.4, 0.5) is 8.78 Å². The van der Waals surface area contributed by atoms with Crippen molar-refractivity contribution >= 4 is 10.0 Å². The van der Waals surface area contributed by atoms with Gasteiger partial charge in [-0.15, -0.1) is 10.2 Å². The molecule has 7 nitrogen and oxygen atoms in total. The first-order valence-electron chi connectivity index (χ1n) is 7.59. The van der Waals surface area contributed by atoms with Gasteiger partial charge in [0.25, 0.3) is 5.89 Å². The Bertz CT molecular complexity index is 878. The molecule has 0 bridgehead atoms. The number of nitrogens with zero attached hydrogens (tertiary/aromatic N) is 4. The second-order valence-electron chi connectivity index (χ2n) is 5.90. The van der Waals surface area contributed by atoms with Crippen LogP contribution in [0.15, 0.2) is 21.6 Å². The van der Waals surface area contributed by atoms with Gasteiger partial charge in [-0.3, -0.25) is 4.98 Å². The number of hydrogen-bond acceptors (Lipinski definition) is 6. The number of hydrogen-bond donors (Lipinski definition) is 0. The normalized spacial score (nSPS) is 20.8. The van der Waals surface area contributed by atoms with Gasteiger partial charge in [0.2, 0.25) is 15.9 Å². The third-order valence-corrected chi connectivity index (χ3v) is 6.38. The van der Waals surface area contributed by atoms with Crippen molar-refractivity contribution in [3.63, 3.8) is 0 Å². The average molecular weight is 356 g/mol. The lowest BCUT2D eigenvalue weighted by Gasteiger charge is -2.21. The lowest BCUT2D eigenvalue weighted by molar-refractivity contribution is 0.116. The SMILES string of the molecule is O=S1(=O)c2cc(-c3nnc(C(F)F)o3)cnc2CN1C1CCCC1. The molecular formula is C14H14F2N4O3S. The highest BCUT2D eigenvalue weighted by molar-refractivity contribution is 7.89. The van der Waals surface area contributed by atoms with Crippen LogP contribution in [0.3, 0.4) is 0 Å². The molecular weight excluding hydrogens is 342 g/mol. The first-order valence-corrected chi connectivity index (χ1v) is 9.03. The number of alkyl halides is 2. The average Bonchev–Trinajstić information content (AvgIpc) is 3.26. The molecule has 1 saturated carbocycles. The molecule has 0 N–H and O–H groups in total. The van der Waals surface area contributed by atoms with Crippen LogP contribution >= 0.6 is 0 Å². The molecule has 0 unspecified atom stereocenters. The Morgan fingerprint density at radius 1 is 1.25 bits per heavy atom. The van der Waals surface area contributed by atoms with E-state index in [1.807, 2.05) is 0 Å². The summed E-state index contributed by atoms with van der Waals surface area (Å²) in [6, 6.07) is 1.37. The molecule has 1 aliphatic heterocycles. The summed E-state index contributed by atoms with van der Waals surface area (Å²) in [5.74, 6) is -0.976. The Labute approximate surface area is 136 Å². The van der Waals surface area contributed by atoms with Crippen LogP contribution in [-0.2, 0) is 16.6 Å². The summed E-state index contributed by atoms with van der Waals surface area (Å²) < 4.78 is 57.0. The van der Waals surface area contributed by atoms with E-state index in [9.17, 15) is 17.2 Å². The van der Waals surface area contributed by atoms with Crippen molar-refractivity contribution < 1.29 is 21.6 Å². The molecule has 3 heterocycles. The second-order valence-corrected chi connectivity index (χ2v) is 7.76. The van der Waals surface area contributed by atoms with Crippen molar-refractivity contribution in [3.05, 3.63) is 23.8 Å². The maximum absolute atomic E-state index is 12.8. The quantitative estimate of drug-likeness (QED) is 0.839. The second kappa shape index (κ2) is 5.55. The summed E-state index contributed by atoms with van der Waals surface area (Å²) in [5.41, 5.74) is 0.671. The lowest BCUT2D eigenvalue weighted by atomic mass is 10.2. The zero-order valence-corrected chi connectivity index (χ0v) is 13.3. The zero-order chi connectivity index (χ0) is 16.9. The molecule has 0 radical (unpaired) electrons. The predicted molar refractivity (Wildman–Crippen MR) is 77.5 cm³/mol. The topological polar surface area (TPSA) is 89.2 Å². The van der Waals surface area contributed by atoms with Crippen molar-refractivity contribution in [1.82, 2.24) is 19.5 Å². The van der Waals surface area contributed by atoms with Gasteiger partial charge in [-0.1, -0.05) is 12.8 Å². The van der Waals surface area contributed by atoms with Crippen molar-refractivity contribution in [2.45, 2.75) is 49.6 Å². The summed E-state index contributed by atoms with van der Waals surface area (Å²) >= 11 is 0. The number of sulfonamides is 1. The van der Waals surface area contributed by atoms with Gasteiger partial charge in [0.05, 0.1) is 17.8 Å². The van der Waals surface area contributed by atoms with E-state index in [4.69, 9.17) is 4.42 Å². The maximum atomic E-state index is 12.8. The Hall–Kier alpha value is -1.94. The third kappa shape index (κ3) is 2.40. The Morgan fingerprint density at radius 3 is 2.67 bits per heavy atom. The van der Waals surface area contributed by atoms with Crippen LogP contribution in [0, 0.1) is 0 Å². The Morgan fingerprint density at radius 2 is 2.00 bits per heavy atom. The van der Waals surface area contributed by atoms with Crippen molar-refractivity contribution in [3.8, 4) is 11.5 Å². The minimum absolute atomic E-state index is 0.00138. The van der Waals surface area contributed by atoms with E-state index < -0.39 is 22.3 Å². The summed E-state index contributed by atoms with van der Waals surface area (Å²) in [4.78, 5) is 4.26. The third-order valence-electron chi connectivity index (χ3n) is 4.43. The fraction of sp³-hybridized carbons (Fsp3) is 0.500. The van der Waals surface area contributed by atoms with Gasteiger partial charge in [-0.25, -0.2) is 8.42 Å². The molecule has 0 spiro atoms. The molecule has 128 valence electrons. The van der Waals surface area contributed by atoms with Crippen LogP contribution in [0.1, 0.15) is 43.7 Å². The molecule has 0 saturated heterocycles. The Kier molecular flexibility index (Phi) is 3.61. The number of aromatic nitrogens is 3. The van der Waals surface area contributed by atoms with Gasteiger partial charge in [0.15, 0.2) is 0 Å². The number of pyridine rings is 1. The van der Waals surface area contributed by atoms with Gasteiger partial charge < -0.3 is 4.42 Å². The van der Waals surface area contributed by atoms with E-state index in [2.05, 4.69) is 15.2 Å². The Balaban J connectivity index is 1.70. The minimum atomic E-state index is -3.64. The summed E-state index contributed by atoms with van der Waals surface area (Å²) in [7, 11) is -3.64. The number of rotatable bonds is 3. The van der Waals surface area contributed by atoms with E-state index in [-0.39, 0.29) is 28.9 Å². The highest BCUT2D eigenvalue weighted by atomic mass is 32.2. The van der Waals surface area contributed by atoms with Gasteiger partial charge in [-0.2, -0.15) is 13.1 Å². The summed E-state index contributed by atoms with van der Waals surface area (Å²) in [6.45, 7) is 0.245. The smallest absolute Gasteiger partial charge is 0.314 e. The highest BCUT2D eigenvalue weighted by Gasteiger charge is 2.41. The summed E-state index contributed by atoms with van der Waals surface area (Å²) in [6.07, 6.45) is 2.22. The van der Waals surface area contributed by atoms with Crippen LogP contribution in [0.5, 0.6) is 0 Å². The fourth-order valence-electron chi connectivity index (χ4n) is 3.25. The van der Waals surface area contributed by atoms with E-state index in [1.54, 1.807) is 0 Å². The molecule has 2 aromatic heterocycles. The van der Waals surface area contributed by atoms with Crippen molar-refractivity contribution in [1.29, 1.82) is 0 Å². The van der Waals surface area contributed by atoms with Crippen molar-refractivity contribution in [2.24, 2.45) is 0 Å². The first-order chi connectivity index (χ1) is 11.5. The molecule has 0 atom stereocenters. The monoisotopic (exact) mass is 356 g/mol. The molecule has 10 heteroatoms. The van der Waals surface area contributed by atoms with E-state index in [0.717, 1.165) is 25.7 Å². The van der Waals surface area contributed by atoms with Gasteiger partial charge in [-0.05, 0) is 18.9 Å². The van der Waals surface area contributed by atoms with Crippen LogP contribution in [0.25, 0.3) is 11.5 Å². The summed E-state index contributed by atoms with van der Waals surface area (Å²) in [5, 5.41) is 6.78. The molecule has 0 amide bonds. The number of halogens is 2. The predicted octanol–water partition coefficient (Wildman–Crippen LogP) is 2.52. The standard InChI is InChI=1S/C14H14F2N4O3S/c15-12(16)14-19-18-13(23-14)8-5-11-10(17-6-8)7-20(24(11,21)22)9-3-1-2-4-9/h5-6,9,12H,1-4,7H2. The van der Waals surface area contributed by atoms with Crippen LogP contribution < -0.4 is 0 Å². The first kappa shape index (κ1) is 15.6. The highest BCUT2D eigenvalue weighted by Crippen LogP contribution is 2.37. The molecule has 2 aliphatic rings. The van der Waals surface area contributed by atoms with Gasteiger partial charge in [0, 0.05) is 12.2 Å². The molecule has 24 heavy (non-hydrogen) atoms. The van der Waals surface area contributed by atoms with E-state index >= 15 is 0 Å². The molecule has 0 aromatic carbocycles. The zero-order valence-electron chi connectivity index (χ0n) is 12.5. The molecule has 1 aliphatic carbocycles. The molecule has 2 aromatic rings. The van der Waals surface area contributed by atoms with Gasteiger partial charge in [0.1, 0.15) is 4.90 Å². The molecule has 1 fully saturated rings. The van der Waals surface area contributed by atoms with Crippen molar-refractivity contribution in [2.75, 3.05) is 0 Å². The van der Waals surface area contributed by atoms with Crippen LogP contribution in [-0.4, -0.2) is 33.9 Å².